The summed E-state index contributed by atoms with van der Waals surface area (Å²) < 4.78 is 0.631. The van der Waals surface area contributed by atoms with E-state index in [1.54, 1.807) is 13.0 Å². The maximum atomic E-state index is 12.1. The van der Waals surface area contributed by atoms with Crippen LogP contribution in [0.25, 0.3) is 9.88 Å². The molecule has 0 saturated carbocycles. The van der Waals surface area contributed by atoms with Crippen molar-refractivity contribution in [3.63, 3.8) is 0 Å². The largest absolute Gasteiger partial charge is 0.479 e. The van der Waals surface area contributed by atoms with Crippen LogP contribution in [0, 0.1) is 6.92 Å². The van der Waals surface area contributed by atoms with Crippen LogP contribution in [0.4, 0.5) is 0 Å². The average Bonchev–Trinajstić information content (AvgIpc) is 3.02. The highest BCUT2D eigenvalue weighted by Gasteiger charge is 2.31. The van der Waals surface area contributed by atoms with E-state index in [-0.39, 0.29) is 0 Å². The summed E-state index contributed by atoms with van der Waals surface area (Å²) in [6.07, 6.45) is 0. The molecule has 0 bridgehead atoms. The topological polar surface area (TPSA) is 99.5 Å². The molecule has 0 saturated heterocycles. The molecule has 0 aliphatic carbocycles. The van der Waals surface area contributed by atoms with Crippen molar-refractivity contribution in [2.75, 3.05) is 6.54 Å². The lowest BCUT2D eigenvalue weighted by Gasteiger charge is -2.17. The number of nitrogens with zero attached hydrogens (tertiary/aromatic N) is 1. The number of aliphatic carboxylic acids is 1. The number of carboxylic acid groups (broad SMARTS) is 1. The van der Waals surface area contributed by atoms with Gasteiger partial charge in [0.15, 0.2) is 5.60 Å². The van der Waals surface area contributed by atoms with Gasteiger partial charge in [0.2, 0.25) is 0 Å². The van der Waals surface area contributed by atoms with Crippen molar-refractivity contribution in [2.45, 2.75) is 19.4 Å². The Morgan fingerprint density at radius 3 is 2.64 bits per heavy atom. The maximum Gasteiger partial charge on any atom is 0.337 e. The number of carbonyl (C=O) groups excluding carboxylic acids is 1. The number of aryl methyl sites for hydroxylation is 1. The molecule has 0 aliphatic heterocycles. The quantitative estimate of drug-likeness (QED) is 0.760. The number of aliphatic hydroxyl groups is 1. The van der Waals surface area contributed by atoms with E-state index in [1.165, 1.54) is 22.7 Å². The van der Waals surface area contributed by atoms with Crippen LogP contribution in [0.1, 0.15) is 22.3 Å². The molecule has 6 nitrogen and oxygen atoms in total. The lowest BCUT2D eigenvalue weighted by molar-refractivity contribution is -0.155. The SMILES string of the molecule is Cc1nc(-c2ccc(Cl)s2)sc1C(=O)NCC(C)(O)C(=O)O. The Bertz CT molecular complexity index is 723. The molecule has 3 N–H and O–H groups in total. The van der Waals surface area contributed by atoms with Crippen LogP contribution in [0.15, 0.2) is 12.1 Å². The van der Waals surface area contributed by atoms with Gasteiger partial charge in [-0.25, -0.2) is 9.78 Å². The minimum absolute atomic E-state index is 0.376. The van der Waals surface area contributed by atoms with Crippen molar-refractivity contribution in [3.05, 3.63) is 27.0 Å². The summed E-state index contributed by atoms with van der Waals surface area (Å²) in [5, 5.41) is 21.5. The normalized spacial score (nSPS) is 13.6. The number of carbonyl (C=O) groups is 2. The molecule has 118 valence electrons. The number of halogens is 1. The molecule has 0 spiro atoms. The van der Waals surface area contributed by atoms with Crippen LogP contribution in [0.5, 0.6) is 0 Å². The van der Waals surface area contributed by atoms with Gasteiger partial charge in [-0.05, 0) is 26.0 Å². The molecule has 2 rings (SSSR count). The van der Waals surface area contributed by atoms with Crippen molar-refractivity contribution < 1.29 is 19.8 Å². The molecular formula is C13H13ClN2O4S2. The summed E-state index contributed by atoms with van der Waals surface area (Å²) in [6, 6.07) is 3.57. The van der Waals surface area contributed by atoms with Gasteiger partial charge in [0, 0.05) is 0 Å². The third-order valence-electron chi connectivity index (χ3n) is 2.84. The summed E-state index contributed by atoms with van der Waals surface area (Å²) in [4.78, 5) is 28.5. The Kier molecular flexibility index (Phi) is 4.86. The van der Waals surface area contributed by atoms with Gasteiger partial charge < -0.3 is 15.5 Å². The molecule has 0 fully saturated rings. The summed E-state index contributed by atoms with van der Waals surface area (Å²) in [5.74, 6) is -1.87. The summed E-state index contributed by atoms with van der Waals surface area (Å²) >= 11 is 8.43. The van der Waals surface area contributed by atoms with Crippen LogP contribution in [-0.4, -0.2) is 39.2 Å². The van der Waals surface area contributed by atoms with E-state index < -0.39 is 24.0 Å². The molecule has 2 aromatic rings. The van der Waals surface area contributed by atoms with Crippen LogP contribution < -0.4 is 5.32 Å². The fraction of sp³-hybridized carbons (Fsp3) is 0.308. The van der Waals surface area contributed by atoms with E-state index in [4.69, 9.17) is 16.7 Å². The maximum absolute atomic E-state index is 12.1. The van der Waals surface area contributed by atoms with Crippen molar-refractivity contribution in [2.24, 2.45) is 0 Å². The van der Waals surface area contributed by atoms with Crippen molar-refractivity contribution >= 4 is 46.2 Å². The van der Waals surface area contributed by atoms with Crippen LogP contribution >= 0.6 is 34.3 Å². The lowest BCUT2D eigenvalue weighted by atomic mass is 10.1. The standard InChI is InChI=1S/C13H13ClN2O4S2/c1-6-9(10(17)15-5-13(2,20)12(18)19)22-11(16-6)7-3-4-8(14)21-7/h3-4,20H,5H2,1-2H3,(H,15,17)(H,18,19). The Balaban J connectivity index is 2.14. The molecule has 0 aliphatic rings. The van der Waals surface area contributed by atoms with Gasteiger partial charge >= 0.3 is 5.97 Å². The molecule has 1 amide bonds. The van der Waals surface area contributed by atoms with Crippen LogP contribution in [0.3, 0.4) is 0 Å². The highest BCUT2D eigenvalue weighted by molar-refractivity contribution is 7.24. The number of thiazole rings is 1. The Morgan fingerprint density at radius 1 is 1.41 bits per heavy atom. The zero-order valence-corrected chi connectivity index (χ0v) is 14.1. The van der Waals surface area contributed by atoms with Gasteiger partial charge in [0.05, 0.1) is 21.5 Å². The van der Waals surface area contributed by atoms with E-state index in [0.29, 0.717) is 19.9 Å². The monoisotopic (exact) mass is 360 g/mol. The number of rotatable bonds is 5. The zero-order valence-electron chi connectivity index (χ0n) is 11.7. The van der Waals surface area contributed by atoms with Gasteiger partial charge in [-0.2, -0.15) is 0 Å². The number of aromatic nitrogens is 1. The minimum Gasteiger partial charge on any atom is -0.479 e. The molecule has 1 unspecified atom stereocenters. The number of nitrogens with one attached hydrogen (secondary N) is 1. The summed E-state index contributed by atoms with van der Waals surface area (Å²) in [6.45, 7) is 2.42. The highest BCUT2D eigenvalue weighted by Crippen LogP contribution is 2.34. The first kappa shape index (κ1) is 16.9. The smallest absolute Gasteiger partial charge is 0.337 e. The fourth-order valence-electron chi connectivity index (χ4n) is 1.55. The first-order valence-corrected chi connectivity index (χ1v) is 8.19. The Labute approximate surface area is 139 Å². The minimum atomic E-state index is -2.02. The molecule has 2 heterocycles. The first-order chi connectivity index (χ1) is 10.2. The van der Waals surface area contributed by atoms with E-state index in [0.717, 1.165) is 11.8 Å². The van der Waals surface area contributed by atoms with E-state index >= 15 is 0 Å². The Morgan fingerprint density at radius 2 is 2.09 bits per heavy atom. The second-order valence-corrected chi connectivity index (χ2v) is 7.51. The fourth-order valence-corrected chi connectivity index (χ4v) is 3.63. The van der Waals surface area contributed by atoms with Crippen molar-refractivity contribution in [1.82, 2.24) is 10.3 Å². The second kappa shape index (κ2) is 6.33. The zero-order chi connectivity index (χ0) is 16.5. The molecule has 0 radical (unpaired) electrons. The highest BCUT2D eigenvalue weighted by atomic mass is 35.5. The predicted octanol–water partition coefficient (Wildman–Crippen LogP) is 2.40. The molecule has 2 aromatic heterocycles. The molecule has 9 heteroatoms. The number of amides is 1. The number of hydrogen-bond acceptors (Lipinski definition) is 6. The van der Waals surface area contributed by atoms with E-state index in [2.05, 4.69) is 10.3 Å². The number of thiophene rings is 1. The third-order valence-corrected chi connectivity index (χ3v) is 5.40. The van der Waals surface area contributed by atoms with Gasteiger partial charge in [-0.3, -0.25) is 4.79 Å². The summed E-state index contributed by atoms with van der Waals surface area (Å²) in [7, 11) is 0. The number of hydrogen-bond donors (Lipinski definition) is 3. The van der Waals surface area contributed by atoms with Gasteiger partial charge in [0.1, 0.15) is 9.88 Å². The average molecular weight is 361 g/mol. The molecule has 22 heavy (non-hydrogen) atoms. The molecule has 0 aromatic carbocycles. The van der Waals surface area contributed by atoms with Gasteiger partial charge in [-0.15, -0.1) is 22.7 Å². The number of carboxylic acids is 1. The van der Waals surface area contributed by atoms with E-state index in [1.807, 2.05) is 6.07 Å². The van der Waals surface area contributed by atoms with Crippen LogP contribution in [-0.2, 0) is 4.79 Å². The van der Waals surface area contributed by atoms with Crippen molar-refractivity contribution in [1.29, 1.82) is 0 Å². The predicted molar refractivity (Wildman–Crippen MR) is 85.8 cm³/mol. The van der Waals surface area contributed by atoms with E-state index in [9.17, 15) is 14.7 Å². The first-order valence-electron chi connectivity index (χ1n) is 6.18. The second-order valence-electron chi connectivity index (χ2n) is 4.80. The summed E-state index contributed by atoms with van der Waals surface area (Å²) in [5.41, 5.74) is -1.48. The van der Waals surface area contributed by atoms with Crippen LogP contribution in [0.2, 0.25) is 4.34 Å². The Hall–Kier alpha value is -1.48. The molecule has 1 atom stereocenters. The lowest BCUT2D eigenvalue weighted by Crippen LogP contribution is -2.46. The van der Waals surface area contributed by atoms with Gasteiger partial charge in [0.25, 0.3) is 5.91 Å². The third kappa shape index (κ3) is 3.64. The van der Waals surface area contributed by atoms with Crippen molar-refractivity contribution in [3.8, 4) is 9.88 Å². The van der Waals surface area contributed by atoms with Gasteiger partial charge in [-0.1, -0.05) is 11.6 Å². The molecular weight excluding hydrogens is 348 g/mol.